The Kier molecular flexibility index (Phi) is 4.79. The van der Waals surface area contributed by atoms with Gasteiger partial charge in [0.15, 0.2) is 0 Å². The molecule has 0 spiro atoms. The van der Waals surface area contributed by atoms with E-state index < -0.39 is 0 Å². The number of carbonyl (C=O) groups is 1. The van der Waals surface area contributed by atoms with Crippen LogP contribution in [0.15, 0.2) is 18.2 Å². The van der Waals surface area contributed by atoms with Crippen molar-refractivity contribution < 1.29 is 9.53 Å². The number of rotatable bonds is 5. The Morgan fingerprint density at radius 3 is 2.88 bits per heavy atom. The van der Waals surface area contributed by atoms with Crippen LogP contribution in [0.2, 0.25) is 0 Å². The van der Waals surface area contributed by atoms with E-state index in [1.807, 2.05) is 32.0 Å². The average Bonchev–Trinajstić information content (AvgIpc) is 2.28. The van der Waals surface area contributed by atoms with Gasteiger partial charge in [0.05, 0.1) is 12.2 Å². The number of aryl methyl sites for hydroxylation is 1. The Balaban J connectivity index is 2.90. The van der Waals surface area contributed by atoms with Crippen LogP contribution >= 0.6 is 0 Å². The summed E-state index contributed by atoms with van der Waals surface area (Å²) in [5.74, 6) is 0.472. The molecule has 4 heteroatoms. The lowest BCUT2D eigenvalue weighted by atomic mass is 10.1. The normalized spacial score (nSPS) is 9.94. The molecule has 16 heavy (non-hydrogen) atoms. The number of amides is 1. The fourth-order valence-electron chi connectivity index (χ4n) is 1.38. The van der Waals surface area contributed by atoms with Crippen molar-refractivity contribution in [3.8, 4) is 5.75 Å². The zero-order chi connectivity index (χ0) is 12.0. The summed E-state index contributed by atoms with van der Waals surface area (Å²) in [6, 6.07) is 5.55. The molecule has 1 aromatic carbocycles. The van der Waals surface area contributed by atoms with Gasteiger partial charge in [0.25, 0.3) is 5.91 Å². The van der Waals surface area contributed by atoms with Crippen molar-refractivity contribution in [2.24, 2.45) is 5.73 Å². The molecule has 0 unspecified atom stereocenters. The molecule has 0 radical (unpaired) electrons. The highest BCUT2D eigenvalue weighted by molar-refractivity contribution is 5.97. The minimum atomic E-state index is -0.141. The maximum absolute atomic E-state index is 11.8. The van der Waals surface area contributed by atoms with Crippen LogP contribution < -0.4 is 15.8 Å². The summed E-state index contributed by atoms with van der Waals surface area (Å²) in [6.07, 6.45) is 0. The lowest BCUT2D eigenvalue weighted by molar-refractivity contribution is 0.0951. The number of nitrogens with one attached hydrogen (secondary N) is 1. The Bertz CT molecular complexity index is 364. The fraction of sp³-hybridized carbons (Fsp3) is 0.417. The molecule has 0 heterocycles. The molecule has 0 saturated heterocycles. The van der Waals surface area contributed by atoms with Gasteiger partial charge < -0.3 is 15.8 Å². The second-order valence-electron chi connectivity index (χ2n) is 3.48. The lowest BCUT2D eigenvalue weighted by Gasteiger charge is -2.10. The first-order valence-electron chi connectivity index (χ1n) is 5.40. The Morgan fingerprint density at radius 2 is 2.25 bits per heavy atom. The molecular weight excluding hydrogens is 204 g/mol. The molecule has 1 rings (SSSR count). The fourth-order valence-corrected chi connectivity index (χ4v) is 1.38. The first-order valence-corrected chi connectivity index (χ1v) is 5.40. The van der Waals surface area contributed by atoms with Crippen molar-refractivity contribution in [2.45, 2.75) is 13.8 Å². The number of hydrogen-bond donors (Lipinski definition) is 2. The van der Waals surface area contributed by atoms with Crippen molar-refractivity contribution in [3.63, 3.8) is 0 Å². The highest BCUT2D eigenvalue weighted by Gasteiger charge is 2.11. The van der Waals surface area contributed by atoms with E-state index in [1.54, 1.807) is 0 Å². The van der Waals surface area contributed by atoms with Gasteiger partial charge in [0, 0.05) is 13.1 Å². The molecule has 1 amide bonds. The first-order chi connectivity index (χ1) is 7.69. The molecule has 0 aliphatic heterocycles. The molecule has 0 aliphatic rings. The van der Waals surface area contributed by atoms with E-state index in [4.69, 9.17) is 10.5 Å². The van der Waals surface area contributed by atoms with Crippen molar-refractivity contribution in [1.82, 2.24) is 5.32 Å². The minimum absolute atomic E-state index is 0.141. The Labute approximate surface area is 95.8 Å². The first kappa shape index (κ1) is 12.5. The van der Waals surface area contributed by atoms with Gasteiger partial charge in [-0.15, -0.1) is 0 Å². The monoisotopic (exact) mass is 222 g/mol. The van der Waals surface area contributed by atoms with E-state index in [2.05, 4.69) is 5.32 Å². The van der Waals surface area contributed by atoms with E-state index in [0.717, 1.165) is 5.56 Å². The van der Waals surface area contributed by atoms with Crippen LogP contribution in [0.1, 0.15) is 22.8 Å². The van der Waals surface area contributed by atoms with Crippen LogP contribution in [0.3, 0.4) is 0 Å². The molecular formula is C12H18N2O2. The van der Waals surface area contributed by atoms with Crippen LogP contribution in [0.5, 0.6) is 5.75 Å². The molecule has 0 aliphatic carbocycles. The Hall–Kier alpha value is -1.55. The number of hydrogen-bond acceptors (Lipinski definition) is 3. The largest absolute Gasteiger partial charge is 0.493 e. The minimum Gasteiger partial charge on any atom is -0.493 e. The zero-order valence-electron chi connectivity index (χ0n) is 9.75. The van der Waals surface area contributed by atoms with Crippen LogP contribution in [0.25, 0.3) is 0 Å². The van der Waals surface area contributed by atoms with Gasteiger partial charge >= 0.3 is 0 Å². The topological polar surface area (TPSA) is 64.3 Å². The van der Waals surface area contributed by atoms with Gasteiger partial charge in [-0.25, -0.2) is 0 Å². The van der Waals surface area contributed by atoms with Crippen molar-refractivity contribution in [3.05, 3.63) is 29.3 Å². The SMILES string of the molecule is CCOc1ccc(C)cc1C(=O)NCCN. The summed E-state index contributed by atoms with van der Waals surface area (Å²) in [5.41, 5.74) is 6.93. The predicted octanol–water partition coefficient (Wildman–Crippen LogP) is 1.08. The van der Waals surface area contributed by atoms with Gasteiger partial charge in [-0.2, -0.15) is 0 Å². The molecule has 1 aromatic rings. The number of ether oxygens (including phenoxy) is 1. The van der Waals surface area contributed by atoms with E-state index in [0.29, 0.717) is 31.0 Å². The number of benzene rings is 1. The third-order valence-electron chi connectivity index (χ3n) is 2.11. The lowest BCUT2D eigenvalue weighted by Crippen LogP contribution is -2.29. The third-order valence-corrected chi connectivity index (χ3v) is 2.11. The highest BCUT2D eigenvalue weighted by atomic mass is 16.5. The van der Waals surface area contributed by atoms with Crippen LogP contribution in [0, 0.1) is 6.92 Å². The van der Waals surface area contributed by atoms with Gasteiger partial charge in [0.2, 0.25) is 0 Å². The van der Waals surface area contributed by atoms with Crippen molar-refractivity contribution >= 4 is 5.91 Å². The van der Waals surface area contributed by atoms with Crippen molar-refractivity contribution in [1.29, 1.82) is 0 Å². The molecule has 3 N–H and O–H groups in total. The molecule has 0 bridgehead atoms. The summed E-state index contributed by atoms with van der Waals surface area (Å²) < 4.78 is 5.40. The average molecular weight is 222 g/mol. The van der Waals surface area contributed by atoms with Gasteiger partial charge in [-0.1, -0.05) is 11.6 Å². The highest BCUT2D eigenvalue weighted by Crippen LogP contribution is 2.19. The summed E-state index contributed by atoms with van der Waals surface area (Å²) in [4.78, 5) is 11.8. The smallest absolute Gasteiger partial charge is 0.255 e. The number of carbonyl (C=O) groups excluding carboxylic acids is 1. The van der Waals surface area contributed by atoms with Gasteiger partial charge in [-0.05, 0) is 26.0 Å². The second kappa shape index (κ2) is 6.12. The standard InChI is InChI=1S/C12H18N2O2/c1-3-16-11-5-4-9(2)8-10(11)12(15)14-7-6-13/h4-5,8H,3,6-7,13H2,1-2H3,(H,14,15). The summed E-state index contributed by atoms with van der Waals surface area (Å²) in [5, 5.41) is 2.73. The van der Waals surface area contributed by atoms with Crippen LogP contribution in [-0.4, -0.2) is 25.6 Å². The molecule has 0 aromatic heterocycles. The van der Waals surface area contributed by atoms with E-state index in [-0.39, 0.29) is 5.91 Å². The van der Waals surface area contributed by atoms with Gasteiger partial charge in [-0.3, -0.25) is 4.79 Å². The number of nitrogens with two attached hydrogens (primary N) is 1. The summed E-state index contributed by atoms with van der Waals surface area (Å²) in [7, 11) is 0. The summed E-state index contributed by atoms with van der Waals surface area (Å²) >= 11 is 0. The zero-order valence-corrected chi connectivity index (χ0v) is 9.75. The molecule has 88 valence electrons. The maximum atomic E-state index is 11.8. The molecule has 0 fully saturated rings. The van der Waals surface area contributed by atoms with E-state index >= 15 is 0 Å². The second-order valence-corrected chi connectivity index (χ2v) is 3.48. The van der Waals surface area contributed by atoms with E-state index in [1.165, 1.54) is 0 Å². The molecule has 0 saturated carbocycles. The Morgan fingerprint density at radius 1 is 1.50 bits per heavy atom. The predicted molar refractivity (Wildman–Crippen MR) is 63.7 cm³/mol. The molecule has 4 nitrogen and oxygen atoms in total. The van der Waals surface area contributed by atoms with Crippen LogP contribution in [0.4, 0.5) is 0 Å². The van der Waals surface area contributed by atoms with Crippen molar-refractivity contribution in [2.75, 3.05) is 19.7 Å². The van der Waals surface area contributed by atoms with E-state index in [9.17, 15) is 4.79 Å². The maximum Gasteiger partial charge on any atom is 0.255 e. The molecule has 0 atom stereocenters. The van der Waals surface area contributed by atoms with Crippen LogP contribution in [-0.2, 0) is 0 Å². The summed E-state index contributed by atoms with van der Waals surface area (Å²) in [6.45, 7) is 5.27. The quantitative estimate of drug-likeness (QED) is 0.783. The van der Waals surface area contributed by atoms with Gasteiger partial charge in [0.1, 0.15) is 5.75 Å². The third kappa shape index (κ3) is 3.24.